The van der Waals surface area contributed by atoms with E-state index in [1.807, 2.05) is 39.9 Å². The normalized spacial score (nSPS) is 17.9. The molecule has 1 saturated heterocycles. The number of benzene rings is 1. The standard InChI is InChI=1S/C21H24N4O2/c26-20(23-19-13-14-22-25(19)18-4-1-2-5-18)12-9-16-7-10-17(11-8-16)24-15-3-6-21(24)27/h7-14,18H,1-6,15H2,(H,23,26)/b12-9+. The summed E-state index contributed by atoms with van der Waals surface area (Å²) in [5.41, 5.74) is 1.84. The molecule has 6 nitrogen and oxygen atoms in total. The molecule has 1 N–H and O–H groups in total. The molecule has 2 aliphatic rings. The van der Waals surface area contributed by atoms with Crippen molar-refractivity contribution in [2.24, 2.45) is 0 Å². The molecule has 0 atom stereocenters. The summed E-state index contributed by atoms with van der Waals surface area (Å²) in [4.78, 5) is 25.9. The Kier molecular flexibility index (Phi) is 5.05. The Morgan fingerprint density at radius 2 is 1.89 bits per heavy atom. The minimum atomic E-state index is -0.173. The number of nitrogens with zero attached hydrogens (tertiary/aromatic N) is 3. The minimum absolute atomic E-state index is 0.173. The number of carbonyl (C=O) groups is 2. The van der Waals surface area contributed by atoms with E-state index in [4.69, 9.17) is 0 Å². The van der Waals surface area contributed by atoms with E-state index in [9.17, 15) is 9.59 Å². The first-order chi connectivity index (χ1) is 13.2. The molecular weight excluding hydrogens is 340 g/mol. The van der Waals surface area contributed by atoms with Crippen LogP contribution in [0.3, 0.4) is 0 Å². The fourth-order valence-corrected chi connectivity index (χ4v) is 3.88. The summed E-state index contributed by atoms with van der Waals surface area (Å²) in [6.45, 7) is 0.783. The molecule has 0 spiro atoms. The van der Waals surface area contributed by atoms with Crippen LogP contribution in [0.1, 0.15) is 50.1 Å². The minimum Gasteiger partial charge on any atom is -0.312 e. The Balaban J connectivity index is 1.37. The van der Waals surface area contributed by atoms with Gasteiger partial charge in [-0.2, -0.15) is 5.10 Å². The number of rotatable bonds is 5. The van der Waals surface area contributed by atoms with E-state index in [2.05, 4.69) is 10.4 Å². The van der Waals surface area contributed by atoms with Gasteiger partial charge in [0.2, 0.25) is 11.8 Å². The molecule has 140 valence electrons. The predicted octanol–water partition coefficient (Wildman–Crippen LogP) is 3.78. The molecule has 2 aromatic rings. The Hall–Kier alpha value is -2.89. The topological polar surface area (TPSA) is 67.2 Å². The highest BCUT2D eigenvalue weighted by atomic mass is 16.2. The van der Waals surface area contributed by atoms with Gasteiger partial charge in [-0.3, -0.25) is 9.59 Å². The van der Waals surface area contributed by atoms with Crippen LogP contribution in [-0.4, -0.2) is 28.1 Å². The van der Waals surface area contributed by atoms with Crippen molar-refractivity contribution in [2.45, 2.75) is 44.6 Å². The highest BCUT2D eigenvalue weighted by molar-refractivity contribution is 6.01. The third-order valence-corrected chi connectivity index (χ3v) is 5.30. The number of nitrogens with one attached hydrogen (secondary N) is 1. The van der Waals surface area contributed by atoms with Crippen LogP contribution in [0.2, 0.25) is 0 Å². The van der Waals surface area contributed by atoms with E-state index in [0.717, 1.165) is 42.9 Å². The quantitative estimate of drug-likeness (QED) is 0.821. The highest BCUT2D eigenvalue weighted by Gasteiger charge is 2.21. The molecule has 1 aromatic heterocycles. The molecule has 0 bridgehead atoms. The molecule has 2 amide bonds. The van der Waals surface area contributed by atoms with Gasteiger partial charge in [0.25, 0.3) is 0 Å². The third kappa shape index (κ3) is 3.94. The molecule has 2 fully saturated rings. The number of hydrogen-bond acceptors (Lipinski definition) is 3. The second-order valence-electron chi connectivity index (χ2n) is 7.16. The van der Waals surface area contributed by atoms with Crippen molar-refractivity contribution in [1.29, 1.82) is 0 Å². The van der Waals surface area contributed by atoms with Gasteiger partial charge in [-0.05, 0) is 43.0 Å². The van der Waals surface area contributed by atoms with Gasteiger partial charge in [0, 0.05) is 30.8 Å². The molecule has 27 heavy (non-hydrogen) atoms. The van der Waals surface area contributed by atoms with Gasteiger partial charge in [0.15, 0.2) is 0 Å². The van der Waals surface area contributed by atoms with Gasteiger partial charge in [0.1, 0.15) is 5.82 Å². The summed E-state index contributed by atoms with van der Waals surface area (Å²) >= 11 is 0. The number of hydrogen-bond donors (Lipinski definition) is 1. The van der Waals surface area contributed by atoms with Crippen LogP contribution in [0.15, 0.2) is 42.6 Å². The van der Waals surface area contributed by atoms with E-state index in [1.165, 1.54) is 18.9 Å². The molecule has 6 heteroatoms. The lowest BCUT2D eigenvalue weighted by atomic mass is 10.2. The lowest BCUT2D eigenvalue weighted by molar-refractivity contribution is -0.117. The maximum Gasteiger partial charge on any atom is 0.249 e. The lowest BCUT2D eigenvalue weighted by Crippen LogP contribution is -2.23. The van der Waals surface area contributed by atoms with Crippen molar-refractivity contribution in [3.8, 4) is 0 Å². The average Bonchev–Trinajstić information content (AvgIpc) is 3.42. The average molecular weight is 364 g/mol. The number of amides is 2. The van der Waals surface area contributed by atoms with Crippen LogP contribution < -0.4 is 10.2 Å². The highest BCUT2D eigenvalue weighted by Crippen LogP contribution is 2.31. The fourth-order valence-electron chi connectivity index (χ4n) is 3.88. The number of anilines is 2. The summed E-state index contributed by atoms with van der Waals surface area (Å²) in [5, 5.41) is 7.29. The molecule has 1 aliphatic heterocycles. The van der Waals surface area contributed by atoms with Crippen molar-refractivity contribution >= 4 is 29.4 Å². The summed E-state index contributed by atoms with van der Waals surface area (Å²) in [5.74, 6) is 0.754. The van der Waals surface area contributed by atoms with Gasteiger partial charge in [-0.15, -0.1) is 0 Å². The Morgan fingerprint density at radius 3 is 2.59 bits per heavy atom. The summed E-state index contributed by atoms with van der Waals surface area (Å²) in [7, 11) is 0. The van der Waals surface area contributed by atoms with Crippen LogP contribution >= 0.6 is 0 Å². The zero-order chi connectivity index (χ0) is 18.6. The molecule has 1 aliphatic carbocycles. The zero-order valence-corrected chi connectivity index (χ0v) is 15.3. The molecule has 0 radical (unpaired) electrons. The first-order valence-electron chi connectivity index (χ1n) is 9.64. The Morgan fingerprint density at radius 1 is 1.11 bits per heavy atom. The molecule has 1 saturated carbocycles. The van der Waals surface area contributed by atoms with E-state index in [-0.39, 0.29) is 11.8 Å². The van der Waals surface area contributed by atoms with E-state index >= 15 is 0 Å². The molecule has 1 aromatic carbocycles. The van der Waals surface area contributed by atoms with Gasteiger partial charge in [0.05, 0.1) is 12.2 Å². The summed E-state index contributed by atoms with van der Waals surface area (Å²) in [6, 6.07) is 9.93. The van der Waals surface area contributed by atoms with Crippen molar-refractivity contribution in [3.05, 3.63) is 48.2 Å². The predicted molar refractivity (Wildman–Crippen MR) is 105 cm³/mol. The van der Waals surface area contributed by atoms with Crippen LogP contribution in [0.25, 0.3) is 6.08 Å². The van der Waals surface area contributed by atoms with Crippen molar-refractivity contribution in [1.82, 2.24) is 9.78 Å². The van der Waals surface area contributed by atoms with Gasteiger partial charge in [-0.1, -0.05) is 25.0 Å². The molecule has 2 heterocycles. The number of aromatic nitrogens is 2. The number of carbonyl (C=O) groups excluding carboxylic acids is 2. The molecular formula is C21H24N4O2. The van der Waals surface area contributed by atoms with E-state index in [1.54, 1.807) is 12.3 Å². The largest absolute Gasteiger partial charge is 0.312 e. The van der Waals surface area contributed by atoms with Crippen molar-refractivity contribution in [2.75, 3.05) is 16.8 Å². The molecule has 4 rings (SSSR count). The van der Waals surface area contributed by atoms with Crippen LogP contribution in [0.4, 0.5) is 11.5 Å². The van der Waals surface area contributed by atoms with Crippen molar-refractivity contribution < 1.29 is 9.59 Å². The van der Waals surface area contributed by atoms with Crippen LogP contribution in [0.5, 0.6) is 0 Å². The zero-order valence-electron chi connectivity index (χ0n) is 15.3. The first kappa shape index (κ1) is 17.5. The Labute approximate surface area is 158 Å². The van der Waals surface area contributed by atoms with Gasteiger partial charge >= 0.3 is 0 Å². The second-order valence-corrected chi connectivity index (χ2v) is 7.16. The third-order valence-electron chi connectivity index (χ3n) is 5.30. The van der Waals surface area contributed by atoms with Crippen molar-refractivity contribution in [3.63, 3.8) is 0 Å². The maximum absolute atomic E-state index is 12.3. The monoisotopic (exact) mass is 364 g/mol. The second kappa shape index (κ2) is 7.78. The molecule has 0 unspecified atom stereocenters. The van der Waals surface area contributed by atoms with E-state index < -0.39 is 0 Å². The summed E-state index contributed by atoms with van der Waals surface area (Å²) < 4.78 is 1.93. The maximum atomic E-state index is 12.3. The fraction of sp³-hybridized carbons (Fsp3) is 0.381. The SMILES string of the molecule is O=C(/C=C/c1ccc(N2CCCC2=O)cc1)Nc1ccnn1C1CCCC1. The first-order valence-corrected chi connectivity index (χ1v) is 9.64. The lowest BCUT2D eigenvalue weighted by Gasteiger charge is -2.15. The van der Waals surface area contributed by atoms with Crippen LogP contribution in [-0.2, 0) is 9.59 Å². The van der Waals surface area contributed by atoms with Crippen LogP contribution in [0, 0.1) is 0 Å². The van der Waals surface area contributed by atoms with E-state index in [0.29, 0.717) is 12.5 Å². The van der Waals surface area contributed by atoms with Gasteiger partial charge < -0.3 is 10.2 Å². The smallest absolute Gasteiger partial charge is 0.249 e. The summed E-state index contributed by atoms with van der Waals surface area (Å²) in [6.07, 6.45) is 11.3. The Bertz CT molecular complexity index is 847. The van der Waals surface area contributed by atoms with Gasteiger partial charge in [-0.25, -0.2) is 4.68 Å².